The number of amides is 2. The number of oxazole rings is 2. The van der Waals surface area contributed by atoms with Gasteiger partial charge in [-0.1, -0.05) is 58.0 Å². The van der Waals surface area contributed by atoms with Crippen molar-refractivity contribution in [1.82, 2.24) is 20.6 Å². The third-order valence-corrected chi connectivity index (χ3v) is 9.73. The second-order valence-corrected chi connectivity index (χ2v) is 12.8. The Balaban J connectivity index is 1.47. The molecule has 4 aromatic rings. The normalized spacial score (nSPS) is 22.4. The van der Waals surface area contributed by atoms with E-state index >= 15 is 0 Å². The zero-order valence-electron chi connectivity index (χ0n) is 27.2. The van der Waals surface area contributed by atoms with Gasteiger partial charge in [-0.15, -0.1) is 0 Å². The number of methoxy groups -OCH3 is 1. The Kier molecular flexibility index (Phi) is 7.54. The summed E-state index contributed by atoms with van der Waals surface area (Å²) in [4.78, 5) is 49.1. The zero-order chi connectivity index (χ0) is 34.0. The molecule has 13 heteroatoms. The highest BCUT2D eigenvalue weighted by Crippen LogP contribution is 2.59. The van der Waals surface area contributed by atoms with Gasteiger partial charge in [0.15, 0.2) is 23.4 Å². The first-order valence-electron chi connectivity index (χ1n) is 16.1. The minimum Gasteiger partial charge on any atom is -0.469 e. The van der Waals surface area contributed by atoms with Crippen LogP contribution in [0.3, 0.4) is 0 Å². The number of para-hydroxylation sites is 1. The molecule has 7 rings (SSSR count). The van der Waals surface area contributed by atoms with Gasteiger partial charge in [0.2, 0.25) is 17.7 Å². The number of carbonyl (C=O) groups excluding carboxylic acids is 3. The van der Waals surface area contributed by atoms with Crippen LogP contribution in [0.2, 0.25) is 0 Å². The SMILES string of the molecule is CCC(O)(CC)C(=O)NC1Cc2ccc3c(c2)C2(c4ccccc4NC2O3)c2oc(nc2-c2nc(C(=O)OC)co2)[C@H](C(C)C)NC1=O. The lowest BCUT2D eigenvalue weighted by atomic mass is 9.72. The van der Waals surface area contributed by atoms with E-state index in [0.717, 1.165) is 22.4 Å². The van der Waals surface area contributed by atoms with Crippen molar-refractivity contribution in [1.29, 1.82) is 0 Å². The number of fused-ring (bicyclic) bond motifs is 4. The maximum Gasteiger partial charge on any atom is 0.360 e. The Morgan fingerprint density at radius 1 is 1.12 bits per heavy atom. The molecule has 0 fully saturated rings. The highest BCUT2D eigenvalue weighted by Gasteiger charge is 2.61. The van der Waals surface area contributed by atoms with Crippen LogP contribution in [0.4, 0.5) is 5.69 Å². The number of aliphatic hydroxyl groups is 1. The van der Waals surface area contributed by atoms with Crippen LogP contribution < -0.4 is 20.7 Å². The number of aromatic nitrogens is 2. The fourth-order valence-corrected chi connectivity index (χ4v) is 6.89. The molecule has 0 saturated heterocycles. The van der Waals surface area contributed by atoms with Crippen molar-refractivity contribution in [3.63, 3.8) is 0 Å². The van der Waals surface area contributed by atoms with Crippen LogP contribution in [0, 0.1) is 5.92 Å². The van der Waals surface area contributed by atoms with Crippen molar-refractivity contribution < 1.29 is 37.8 Å². The van der Waals surface area contributed by atoms with Crippen molar-refractivity contribution in [3.8, 4) is 17.3 Å². The van der Waals surface area contributed by atoms with Crippen molar-refractivity contribution in [2.45, 2.75) is 76.3 Å². The quantitative estimate of drug-likeness (QED) is 0.212. The number of benzene rings is 2. The van der Waals surface area contributed by atoms with E-state index < -0.39 is 47.1 Å². The summed E-state index contributed by atoms with van der Waals surface area (Å²) < 4.78 is 24.0. The van der Waals surface area contributed by atoms with Gasteiger partial charge in [-0.05, 0) is 42.0 Å². The zero-order valence-corrected chi connectivity index (χ0v) is 27.2. The summed E-state index contributed by atoms with van der Waals surface area (Å²) in [5.41, 5.74) is 0.628. The number of carbonyl (C=O) groups is 3. The molecule has 5 heterocycles. The first-order valence-corrected chi connectivity index (χ1v) is 16.1. The summed E-state index contributed by atoms with van der Waals surface area (Å²) in [7, 11) is 1.25. The molecule has 0 radical (unpaired) electrons. The fraction of sp³-hybridized carbons (Fsp3) is 0.400. The number of ether oxygens (including phenoxy) is 2. The van der Waals surface area contributed by atoms with E-state index in [9.17, 15) is 19.5 Å². The summed E-state index contributed by atoms with van der Waals surface area (Å²) in [5.74, 6) is -0.852. The van der Waals surface area contributed by atoms with Gasteiger partial charge in [0.1, 0.15) is 35.1 Å². The number of nitrogens with one attached hydrogen (secondary N) is 3. The van der Waals surface area contributed by atoms with Crippen LogP contribution in [0.25, 0.3) is 11.6 Å². The van der Waals surface area contributed by atoms with E-state index in [1.807, 2.05) is 56.3 Å². The van der Waals surface area contributed by atoms with E-state index in [1.54, 1.807) is 13.8 Å². The molecule has 3 aliphatic heterocycles. The van der Waals surface area contributed by atoms with Gasteiger partial charge in [0, 0.05) is 17.7 Å². The Morgan fingerprint density at radius 2 is 1.90 bits per heavy atom. The van der Waals surface area contributed by atoms with Gasteiger partial charge >= 0.3 is 5.97 Å². The lowest BCUT2D eigenvalue weighted by Crippen LogP contribution is -2.55. The predicted molar refractivity (Wildman–Crippen MR) is 171 cm³/mol. The fourth-order valence-electron chi connectivity index (χ4n) is 6.89. The minimum atomic E-state index is -1.63. The smallest absolute Gasteiger partial charge is 0.360 e. The number of hydrogen-bond acceptors (Lipinski definition) is 11. The van der Waals surface area contributed by atoms with Crippen molar-refractivity contribution in [2.24, 2.45) is 5.92 Å². The summed E-state index contributed by atoms with van der Waals surface area (Å²) >= 11 is 0. The van der Waals surface area contributed by atoms with E-state index in [0.29, 0.717) is 11.5 Å². The number of rotatable bonds is 7. The lowest BCUT2D eigenvalue weighted by molar-refractivity contribution is -0.143. The standard InChI is InChI=1S/C35H37N5O8/c1-6-34(44,7-2)32(43)37-22-15-18-12-13-24-20(14-18)35(19-10-8-9-11-21(19)38-33(35)47-24)27-26(29-36-23(16-46-29)31(42)45-5)40-30(48-27)25(17(3)4)39-28(22)41/h8-14,16-17,22,25,33,38,44H,6-7,15H2,1-5H3,(H,37,43)(H,39,41)/t22?,25-,33?,35?/m0/s1. The Hall–Kier alpha value is -5.17. The molecule has 2 aromatic heterocycles. The number of esters is 1. The van der Waals surface area contributed by atoms with Crippen LogP contribution in [-0.2, 0) is 26.2 Å². The molecule has 2 aromatic carbocycles. The first kappa shape index (κ1) is 31.4. The average molecular weight is 656 g/mol. The maximum atomic E-state index is 14.1. The van der Waals surface area contributed by atoms with Gasteiger partial charge < -0.3 is 39.4 Å². The molecule has 13 nitrogen and oxygen atoms in total. The molecule has 3 unspecified atom stereocenters. The second kappa shape index (κ2) is 11.5. The monoisotopic (exact) mass is 655 g/mol. The molecule has 0 aliphatic carbocycles. The molecule has 1 spiro atoms. The lowest BCUT2D eigenvalue weighted by Gasteiger charge is -2.30. The third-order valence-electron chi connectivity index (χ3n) is 9.73. The van der Waals surface area contributed by atoms with Crippen LogP contribution in [0.5, 0.6) is 5.75 Å². The molecule has 4 N–H and O–H groups in total. The molecular weight excluding hydrogens is 618 g/mol. The number of hydrogen-bond donors (Lipinski definition) is 4. The van der Waals surface area contributed by atoms with Crippen LogP contribution in [0.1, 0.15) is 85.4 Å². The van der Waals surface area contributed by atoms with Crippen molar-refractivity contribution in [3.05, 3.63) is 82.8 Å². The van der Waals surface area contributed by atoms with E-state index in [2.05, 4.69) is 20.9 Å². The van der Waals surface area contributed by atoms with Gasteiger partial charge in [-0.3, -0.25) is 9.59 Å². The Bertz CT molecular complexity index is 1930. The molecule has 250 valence electrons. The van der Waals surface area contributed by atoms with Crippen molar-refractivity contribution >= 4 is 23.5 Å². The van der Waals surface area contributed by atoms with Crippen LogP contribution in [-0.4, -0.2) is 57.8 Å². The third kappa shape index (κ3) is 4.67. The largest absolute Gasteiger partial charge is 0.469 e. The predicted octanol–water partition coefficient (Wildman–Crippen LogP) is 4.00. The molecule has 4 bridgehead atoms. The average Bonchev–Trinajstić information content (AvgIpc) is 3.86. The molecule has 4 atom stereocenters. The van der Waals surface area contributed by atoms with Crippen LogP contribution in [0.15, 0.2) is 57.6 Å². The van der Waals surface area contributed by atoms with E-state index in [4.69, 9.17) is 23.3 Å². The second-order valence-electron chi connectivity index (χ2n) is 12.8. The maximum absolute atomic E-state index is 14.1. The van der Waals surface area contributed by atoms with Gasteiger partial charge in [-0.2, -0.15) is 0 Å². The van der Waals surface area contributed by atoms with Gasteiger partial charge in [-0.25, -0.2) is 14.8 Å². The highest BCUT2D eigenvalue weighted by molar-refractivity contribution is 5.92. The van der Waals surface area contributed by atoms with Gasteiger partial charge in [0.05, 0.1) is 7.11 Å². The summed E-state index contributed by atoms with van der Waals surface area (Å²) in [6.07, 6.45) is 1.04. The molecular formula is C35H37N5O8. The Labute approximate surface area is 276 Å². The molecule has 0 saturated carbocycles. The van der Waals surface area contributed by atoms with E-state index in [1.165, 1.54) is 13.4 Å². The highest BCUT2D eigenvalue weighted by atomic mass is 16.5. The van der Waals surface area contributed by atoms with Crippen LogP contribution >= 0.6 is 0 Å². The van der Waals surface area contributed by atoms with E-state index in [-0.39, 0.29) is 48.3 Å². The molecule has 48 heavy (non-hydrogen) atoms. The first-order chi connectivity index (χ1) is 23.0. The number of nitrogens with zero attached hydrogens (tertiary/aromatic N) is 2. The Morgan fingerprint density at radius 3 is 2.62 bits per heavy atom. The summed E-state index contributed by atoms with van der Waals surface area (Å²) in [5, 5.41) is 20.4. The van der Waals surface area contributed by atoms with Gasteiger partial charge in [0.25, 0.3) is 5.91 Å². The summed E-state index contributed by atoms with van der Waals surface area (Å²) in [6.45, 7) is 7.27. The number of anilines is 1. The summed E-state index contributed by atoms with van der Waals surface area (Å²) in [6, 6.07) is 11.6. The topological polar surface area (TPSA) is 178 Å². The molecule has 3 aliphatic rings. The van der Waals surface area contributed by atoms with Crippen molar-refractivity contribution in [2.75, 3.05) is 12.4 Å². The molecule has 2 amide bonds. The minimum absolute atomic E-state index is 0.0229.